The van der Waals surface area contributed by atoms with E-state index in [2.05, 4.69) is 25.3 Å². The molecule has 1 N–H and O–H groups in total. The lowest BCUT2D eigenvalue weighted by atomic mass is 10.0. The zero-order valence-corrected chi connectivity index (χ0v) is 20.3. The van der Waals surface area contributed by atoms with Crippen LogP contribution < -0.4 is 5.32 Å². The van der Waals surface area contributed by atoms with Crippen LogP contribution in [0.2, 0.25) is 0 Å². The van der Waals surface area contributed by atoms with Gasteiger partial charge >= 0.3 is 12.2 Å². The number of carbonyl (C=O) groups is 2. The summed E-state index contributed by atoms with van der Waals surface area (Å²) >= 11 is 0. The number of hydrogen-bond donors (Lipinski definition) is 1. The molecule has 0 spiro atoms. The highest BCUT2D eigenvalue weighted by atomic mass is 19.4. The molecule has 0 bridgehead atoms. The molecule has 0 aliphatic carbocycles. The predicted octanol–water partition coefficient (Wildman–Crippen LogP) is 2.83. The van der Waals surface area contributed by atoms with Crippen molar-refractivity contribution in [3.05, 3.63) is 59.2 Å². The molecule has 1 unspecified atom stereocenters. The fourth-order valence-electron chi connectivity index (χ4n) is 4.28. The van der Waals surface area contributed by atoms with E-state index in [1.165, 1.54) is 5.01 Å². The topological polar surface area (TPSA) is 94.0 Å². The summed E-state index contributed by atoms with van der Waals surface area (Å²) in [5.74, 6) is -1.19. The number of rotatable bonds is 4. The number of halogens is 3. The monoisotopic (exact) mass is 503 g/mol. The summed E-state index contributed by atoms with van der Waals surface area (Å²) in [7, 11) is 0. The third-order valence-corrected chi connectivity index (χ3v) is 6.44. The van der Waals surface area contributed by atoms with Crippen LogP contribution in [0.1, 0.15) is 42.4 Å². The third-order valence-electron chi connectivity index (χ3n) is 6.44. The molecule has 4 rings (SSSR count). The second-order valence-corrected chi connectivity index (χ2v) is 9.00. The molecule has 2 aliphatic rings. The number of benzene rings is 1. The standard InChI is InChI=1S/C24H28F3N7O2/c1-15-4-6-18(7-5-15)21-20(33-10-8-32(9-11-33)17(3)35)14-34(31-21)23(36)30-16(2)19-12-28-22(29-13-19)24(25,26)27/h4-7,12-13,16,20H,8-11,14H2,1-3H3,(H,30,36)/t16?,20-/m0/s1. The molecule has 1 fully saturated rings. The Labute approximate surface area is 207 Å². The van der Waals surface area contributed by atoms with Gasteiger partial charge in [-0.05, 0) is 19.4 Å². The first kappa shape index (κ1) is 25.5. The first-order chi connectivity index (χ1) is 17.0. The first-order valence-corrected chi connectivity index (χ1v) is 11.6. The third kappa shape index (κ3) is 5.64. The Morgan fingerprint density at radius 3 is 2.22 bits per heavy atom. The maximum Gasteiger partial charge on any atom is 0.451 e. The maximum atomic E-state index is 13.1. The summed E-state index contributed by atoms with van der Waals surface area (Å²) in [5.41, 5.74) is 3.10. The molecule has 1 saturated heterocycles. The molecule has 2 aromatic rings. The van der Waals surface area contributed by atoms with Crippen LogP contribution in [0.4, 0.5) is 18.0 Å². The second kappa shape index (κ2) is 10.2. The van der Waals surface area contributed by atoms with Crippen LogP contribution in [0.5, 0.6) is 0 Å². The van der Waals surface area contributed by atoms with Crippen LogP contribution in [0.15, 0.2) is 41.8 Å². The number of nitrogens with zero attached hydrogens (tertiary/aromatic N) is 6. The van der Waals surface area contributed by atoms with Gasteiger partial charge in [-0.2, -0.15) is 18.3 Å². The highest BCUT2D eigenvalue weighted by molar-refractivity contribution is 6.06. The number of hydrazone groups is 1. The van der Waals surface area contributed by atoms with E-state index in [1.807, 2.05) is 31.2 Å². The number of hydrogen-bond acceptors (Lipinski definition) is 6. The van der Waals surface area contributed by atoms with Crippen LogP contribution in [0.3, 0.4) is 0 Å². The molecular weight excluding hydrogens is 475 g/mol. The van der Waals surface area contributed by atoms with Crippen molar-refractivity contribution in [2.45, 2.75) is 39.0 Å². The summed E-state index contributed by atoms with van der Waals surface area (Å²) in [4.78, 5) is 35.5. The average molecular weight is 504 g/mol. The van der Waals surface area contributed by atoms with E-state index < -0.39 is 24.1 Å². The zero-order chi connectivity index (χ0) is 26.0. The molecule has 9 nitrogen and oxygen atoms in total. The Bertz CT molecular complexity index is 1130. The van der Waals surface area contributed by atoms with Gasteiger partial charge in [0.2, 0.25) is 11.7 Å². The van der Waals surface area contributed by atoms with Crippen LogP contribution in [-0.2, 0) is 11.0 Å². The van der Waals surface area contributed by atoms with Gasteiger partial charge in [-0.25, -0.2) is 19.8 Å². The molecule has 1 aromatic heterocycles. The van der Waals surface area contributed by atoms with Gasteiger partial charge in [0.25, 0.3) is 0 Å². The lowest BCUT2D eigenvalue weighted by Crippen LogP contribution is -2.54. The molecule has 36 heavy (non-hydrogen) atoms. The lowest BCUT2D eigenvalue weighted by molar-refractivity contribution is -0.145. The summed E-state index contributed by atoms with van der Waals surface area (Å²) in [6.07, 6.45) is -2.52. The minimum absolute atomic E-state index is 0.0377. The number of carbonyl (C=O) groups excluding carboxylic acids is 2. The minimum atomic E-state index is -4.63. The lowest BCUT2D eigenvalue weighted by Gasteiger charge is -2.37. The second-order valence-electron chi connectivity index (χ2n) is 9.00. The van der Waals surface area contributed by atoms with Gasteiger partial charge in [0.05, 0.1) is 24.3 Å². The first-order valence-electron chi connectivity index (χ1n) is 11.6. The average Bonchev–Trinajstić information content (AvgIpc) is 3.30. The maximum absolute atomic E-state index is 13.1. The van der Waals surface area contributed by atoms with Crippen molar-refractivity contribution in [2.24, 2.45) is 5.10 Å². The van der Waals surface area contributed by atoms with Crippen molar-refractivity contribution in [3.8, 4) is 0 Å². The van der Waals surface area contributed by atoms with Gasteiger partial charge in [-0.3, -0.25) is 9.69 Å². The van der Waals surface area contributed by atoms with E-state index >= 15 is 0 Å². The van der Waals surface area contributed by atoms with Crippen molar-refractivity contribution in [1.29, 1.82) is 0 Å². The molecule has 1 aromatic carbocycles. The Hall–Kier alpha value is -3.54. The highest BCUT2D eigenvalue weighted by Gasteiger charge is 2.37. The van der Waals surface area contributed by atoms with E-state index in [0.29, 0.717) is 38.3 Å². The van der Waals surface area contributed by atoms with Gasteiger partial charge < -0.3 is 10.2 Å². The molecule has 0 radical (unpaired) electrons. The Kier molecular flexibility index (Phi) is 7.25. The van der Waals surface area contributed by atoms with Crippen molar-refractivity contribution >= 4 is 17.6 Å². The fraction of sp³-hybridized carbons (Fsp3) is 0.458. The van der Waals surface area contributed by atoms with E-state index in [0.717, 1.165) is 29.2 Å². The molecule has 2 atom stereocenters. The van der Waals surface area contributed by atoms with E-state index in [-0.39, 0.29) is 11.9 Å². The molecule has 0 saturated carbocycles. The van der Waals surface area contributed by atoms with Crippen molar-refractivity contribution in [1.82, 2.24) is 30.1 Å². The number of aromatic nitrogens is 2. The summed E-state index contributed by atoms with van der Waals surface area (Å²) < 4.78 is 38.2. The number of aryl methyl sites for hydroxylation is 1. The van der Waals surface area contributed by atoms with Gasteiger partial charge in [-0.15, -0.1) is 0 Å². The molecule has 2 aliphatic heterocycles. The molecule has 3 heterocycles. The van der Waals surface area contributed by atoms with Gasteiger partial charge in [0, 0.05) is 51.1 Å². The molecule has 12 heteroatoms. The predicted molar refractivity (Wildman–Crippen MR) is 126 cm³/mol. The summed E-state index contributed by atoms with van der Waals surface area (Å²) in [6.45, 7) is 8.01. The summed E-state index contributed by atoms with van der Waals surface area (Å²) in [6, 6.07) is 6.65. The van der Waals surface area contributed by atoms with Crippen molar-refractivity contribution < 1.29 is 22.8 Å². The van der Waals surface area contributed by atoms with E-state index in [9.17, 15) is 22.8 Å². The largest absolute Gasteiger partial charge is 0.451 e. The zero-order valence-electron chi connectivity index (χ0n) is 20.3. The van der Waals surface area contributed by atoms with E-state index in [1.54, 1.807) is 18.7 Å². The van der Waals surface area contributed by atoms with Crippen LogP contribution in [-0.4, -0.2) is 81.2 Å². The van der Waals surface area contributed by atoms with Gasteiger partial charge in [0.15, 0.2) is 0 Å². The SMILES string of the molecule is CC(=O)N1CCN([C@H]2CN(C(=O)NC(C)c3cnc(C(F)(F)F)nc3)N=C2c2ccc(C)cc2)CC1. The molecule has 3 amide bonds. The normalized spacial score (nSPS) is 19.7. The van der Waals surface area contributed by atoms with Crippen LogP contribution in [0.25, 0.3) is 0 Å². The van der Waals surface area contributed by atoms with Crippen molar-refractivity contribution in [2.75, 3.05) is 32.7 Å². The number of nitrogens with one attached hydrogen (secondary N) is 1. The smallest absolute Gasteiger partial charge is 0.340 e. The molecular formula is C24H28F3N7O2. The Morgan fingerprint density at radius 2 is 1.67 bits per heavy atom. The number of piperazine rings is 1. The molecule has 192 valence electrons. The number of alkyl halides is 3. The quantitative estimate of drug-likeness (QED) is 0.693. The number of urea groups is 1. The van der Waals surface area contributed by atoms with Crippen LogP contribution in [0, 0.1) is 6.92 Å². The number of amides is 3. The van der Waals surface area contributed by atoms with Crippen molar-refractivity contribution in [3.63, 3.8) is 0 Å². The van der Waals surface area contributed by atoms with Gasteiger partial charge in [0.1, 0.15) is 0 Å². The highest BCUT2D eigenvalue weighted by Crippen LogP contribution is 2.26. The Balaban J connectivity index is 1.49. The Morgan fingerprint density at radius 1 is 1.06 bits per heavy atom. The van der Waals surface area contributed by atoms with Gasteiger partial charge in [-0.1, -0.05) is 29.8 Å². The summed E-state index contributed by atoms with van der Waals surface area (Å²) in [5, 5.41) is 8.74. The van der Waals surface area contributed by atoms with Crippen LogP contribution >= 0.6 is 0 Å². The van der Waals surface area contributed by atoms with E-state index in [4.69, 9.17) is 0 Å². The fourth-order valence-corrected chi connectivity index (χ4v) is 4.28. The minimum Gasteiger partial charge on any atom is -0.340 e.